The van der Waals surface area contributed by atoms with Crippen LogP contribution in [0.5, 0.6) is 0 Å². The highest BCUT2D eigenvalue weighted by atomic mass is 16.1. The zero-order chi connectivity index (χ0) is 15.0. The van der Waals surface area contributed by atoms with E-state index in [2.05, 4.69) is 35.9 Å². The fourth-order valence-corrected chi connectivity index (χ4v) is 2.59. The molecule has 0 saturated heterocycles. The molecule has 0 aliphatic heterocycles. The summed E-state index contributed by atoms with van der Waals surface area (Å²) in [5.41, 5.74) is 15.7. The zero-order valence-corrected chi connectivity index (χ0v) is 11.8. The lowest BCUT2D eigenvalue weighted by atomic mass is 10.1. The summed E-state index contributed by atoms with van der Waals surface area (Å²) in [5.74, 6) is -0.463. The molecule has 1 heterocycles. The number of aryl methyl sites for hydroxylation is 1. The Morgan fingerprint density at radius 1 is 1.19 bits per heavy atom. The predicted octanol–water partition coefficient (Wildman–Crippen LogP) is 2.68. The van der Waals surface area contributed by atoms with E-state index < -0.39 is 5.91 Å². The van der Waals surface area contributed by atoms with E-state index in [4.69, 9.17) is 11.5 Å². The Balaban J connectivity index is 1.99. The molecule has 4 nitrogen and oxygen atoms in total. The molecule has 0 aliphatic carbocycles. The van der Waals surface area contributed by atoms with E-state index in [9.17, 15) is 4.79 Å². The van der Waals surface area contributed by atoms with Crippen LogP contribution in [0.2, 0.25) is 0 Å². The molecule has 2 aromatic carbocycles. The molecule has 4 N–H and O–H groups in total. The van der Waals surface area contributed by atoms with Gasteiger partial charge in [0.15, 0.2) is 0 Å². The normalized spacial score (nSPS) is 10.9. The highest BCUT2D eigenvalue weighted by molar-refractivity contribution is 5.93. The van der Waals surface area contributed by atoms with Gasteiger partial charge in [0.2, 0.25) is 5.91 Å². The van der Waals surface area contributed by atoms with Gasteiger partial charge in [0.1, 0.15) is 0 Å². The van der Waals surface area contributed by atoms with Crippen molar-refractivity contribution in [3.05, 3.63) is 65.4 Å². The van der Waals surface area contributed by atoms with Crippen LogP contribution in [0.4, 0.5) is 5.69 Å². The number of nitrogens with zero attached hydrogens (tertiary/aromatic N) is 1. The van der Waals surface area contributed by atoms with Gasteiger partial charge in [-0.1, -0.05) is 18.2 Å². The maximum atomic E-state index is 11.2. The van der Waals surface area contributed by atoms with Crippen molar-refractivity contribution in [1.29, 1.82) is 0 Å². The van der Waals surface area contributed by atoms with E-state index >= 15 is 0 Å². The molecular formula is C17H17N3O. The lowest BCUT2D eigenvalue weighted by Crippen LogP contribution is -2.12. The van der Waals surface area contributed by atoms with Gasteiger partial charge in [-0.2, -0.15) is 0 Å². The molecule has 0 atom stereocenters. The number of aromatic nitrogens is 1. The average molecular weight is 279 g/mol. The van der Waals surface area contributed by atoms with E-state index in [1.165, 1.54) is 16.5 Å². The summed E-state index contributed by atoms with van der Waals surface area (Å²) in [4.78, 5) is 11.2. The number of anilines is 1. The lowest BCUT2D eigenvalue weighted by molar-refractivity contribution is 0.100. The second-order valence-electron chi connectivity index (χ2n) is 5.23. The summed E-state index contributed by atoms with van der Waals surface area (Å²) < 4.78 is 2.15. The van der Waals surface area contributed by atoms with Gasteiger partial charge in [-0.05, 0) is 42.3 Å². The number of hydrogen-bond acceptors (Lipinski definition) is 2. The molecule has 3 rings (SSSR count). The number of fused-ring (bicyclic) bond motifs is 1. The molecule has 0 radical (unpaired) electrons. The van der Waals surface area contributed by atoms with E-state index in [0.717, 1.165) is 5.56 Å². The molecule has 0 bridgehead atoms. The largest absolute Gasteiger partial charge is 0.398 e. The third kappa shape index (κ3) is 2.36. The predicted molar refractivity (Wildman–Crippen MR) is 85.1 cm³/mol. The van der Waals surface area contributed by atoms with Crippen molar-refractivity contribution in [1.82, 2.24) is 4.57 Å². The molecule has 106 valence electrons. The van der Waals surface area contributed by atoms with Crippen molar-refractivity contribution < 1.29 is 4.79 Å². The minimum Gasteiger partial charge on any atom is -0.398 e. The Morgan fingerprint density at radius 3 is 2.71 bits per heavy atom. The van der Waals surface area contributed by atoms with Crippen LogP contribution in [0.1, 0.15) is 21.5 Å². The van der Waals surface area contributed by atoms with Crippen LogP contribution in [0.3, 0.4) is 0 Å². The summed E-state index contributed by atoms with van der Waals surface area (Å²) in [5, 5.41) is 1.24. The van der Waals surface area contributed by atoms with E-state index in [0.29, 0.717) is 17.8 Å². The highest BCUT2D eigenvalue weighted by Crippen LogP contribution is 2.22. The van der Waals surface area contributed by atoms with Crippen LogP contribution in [-0.4, -0.2) is 10.5 Å². The fraction of sp³-hybridized carbons (Fsp3) is 0.118. The van der Waals surface area contributed by atoms with E-state index in [1.807, 2.05) is 12.1 Å². The smallest absolute Gasteiger partial charge is 0.248 e. The SMILES string of the molecule is Cc1cccc2c1ccn2Cc1ccc(C(N)=O)cc1N. The van der Waals surface area contributed by atoms with Crippen molar-refractivity contribution in [2.45, 2.75) is 13.5 Å². The molecule has 1 amide bonds. The molecule has 0 aliphatic rings. The molecule has 3 aromatic rings. The maximum Gasteiger partial charge on any atom is 0.248 e. The fourth-order valence-electron chi connectivity index (χ4n) is 2.59. The second kappa shape index (κ2) is 4.98. The van der Waals surface area contributed by atoms with Gasteiger partial charge >= 0.3 is 0 Å². The van der Waals surface area contributed by atoms with Crippen LogP contribution >= 0.6 is 0 Å². The topological polar surface area (TPSA) is 74.0 Å². The van der Waals surface area contributed by atoms with Crippen molar-refractivity contribution in [3.8, 4) is 0 Å². The first-order valence-corrected chi connectivity index (χ1v) is 6.79. The number of amides is 1. The quantitative estimate of drug-likeness (QED) is 0.723. The maximum absolute atomic E-state index is 11.2. The lowest BCUT2D eigenvalue weighted by Gasteiger charge is -2.10. The number of benzene rings is 2. The number of primary amides is 1. The first-order chi connectivity index (χ1) is 10.1. The molecule has 0 saturated carbocycles. The van der Waals surface area contributed by atoms with Gasteiger partial charge in [0.25, 0.3) is 0 Å². The summed E-state index contributed by atoms with van der Waals surface area (Å²) in [7, 11) is 0. The third-order valence-corrected chi connectivity index (χ3v) is 3.80. The van der Waals surface area contributed by atoms with E-state index in [-0.39, 0.29) is 0 Å². The average Bonchev–Trinajstić information content (AvgIpc) is 2.85. The van der Waals surface area contributed by atoms with Crippen molar-refractivity contribution in [3.63, 3.8) is 0 Å². The van der Waals surface area contributed by atoms with Gasteiger partial charge in [-0.15, -0.1) is 0 Å². The number of rotatable bonds is 3. The molecular weight excluding hydrogens is 262 g/mol. The van der Waals surface area contributed by atoms with Gasteiger partial charge in [-0.25, -0.2) is 0 Å². The minimum absolute atomic E-state index is 0.435. The van der Waals surface area contributed by atoms with Crippen molar-refractivity contribution in [2.24, 2.45) is 5.73 Å². The van der Waals surface area contributed by atoms with Gasteiger partial charge in [0, 0.05) is 34.9 Å². The van der Waals surface area contributed by atoms with Crippen molar-refractivity contribution >= 4 is 22.5 Å². The first-order valence-electron chi connectivity index (χ1n) is 6.79. The summed E-state index contributed by atoms with van der Waals surface area (Å²) in [6, 6.07) is 13.6. The van der Waals surface area contributed by atoms with Gasteiger partial charge in [-0.3, -0.25) is 4.79 Å². The Labute approximate surface area is 123 Å². The van der Waals surface area contributed by atoms with Gasteiger partial charge in [0.05, 0.1) is 0 Å². The van der Waals surface area contributed by atoms with Crippen LogP contribution in [-0.2, 0) is 6.54 Å². The van der Waals surface area contributed by atoms with Crippen molar-refractivity contribution in [2.75, 3.05) is 5.73 Å². The van der Waals surface area contributed by atoms with Gasteiger partial charge < -0.3 is 16.0 Å². The molecule has 0 spiro atoms. The number of carbonyl (C=O) groups is 1. The molecule has 0 unspecified atom stereocenters. The van der Waals surface area contributed by atoms with Crippen LogP contribution in [0, 0.1) is 6.92 Å². The van der Waals surface area contributed by atoms with Crippen LogP contribution in [0.15, 0.2) is 48.7 Å². The summed E-state index contributed by atoms with van der Waals surface area (Å²) in [6.07, 6.45) is 2.05. The van der Waals surface area contributed by atoms with Crippen LogP contribution < -0.4 is 11.5 Å². The zero-order valence-electron chi connectivity index (χ0n) is 11.8. The van der Waals surface area contributed by atoms with Crippen LogP contribution in [0.25, 0.3) is 10.9 Å². The Kier molecular flexibility index (Phi) is 3.14. The standard InChI is InChI=1S/C17H17N3O/c1-11-3-2-4-16-14(11)7-8-20(16)10-13-6-5-12(17(19)21)9-15(13)18/h2-9H,10,18H2,1H3,(H2,19,21). The molecule has 4 heteroatoms. The first kappa shape index (κ1) is 13.2. The van der Waals surface area contributed by atoms with E-state index in [1.54, 1.807) is 12.1 Å². The Hall–Kier alpha value is -2.75. The highest BCUT2D eigenvalue weighted by Gasteiger charge is 2.08. The number of nitrogen functional groups attached to an aromatic ring is 1. The Morgan fingerprint density at radius 2 is 2.00 bits per heavy atom. The number of carbonyl (C=O) groups excluding carboxylic acids is 1. The monoisotopic (exact) mass is 279 g/mol. The molecule has 1 aromatic heterocycles. The number of hydrogen-bond donors (Lipinski definition) is 2. The number of nitrogens with two attached hydrogens (primary N) is 2. The minimum atomic E-state index is -0.463. The summed E-state index contributed by atoms with van der Waals surface area (Å²) >= 11 is 0. The second-order valence-corrected chi connectivity index (χ2v) is 5.23. The molecule has 0 fully saturated rings. The summed E-state index contributed by atoms with van der Waals surface area (Å²) in [6.45, 7) is 2.76. The molecule has 21 heavy (non-hydrogen) atoms. The Bertz CT molecular complexity index is 833. The third-order valence-electron chi connectivity index (χ3n) is 3.80.